The zero-order valence-electron chi connectivity index (χ0n) is 10.5. The Labute approximate surface area is 119 Å². The van der Waals surface area contributed by atoms with Crippen LogP contribution in [0.2, 0.25) is 5.15 Å². The van der Waals surface area contributed by atoms with Gasteiger partial charge in [0.1, 0.15) is 16.8 Å². The summed E-state index contributed by atoms with van der Waals surface area (Å²) >= 11 is 6.02. The molecule has 0 fully saturated rings. The van der Waals surface area contributed by atoms with E-state index in [9.17, 15) is 0 Å². The van der Waals surface area contributed by atoms with Crippen LogP contribution in [-0.2, 0) is 13.1 Å². The second-order valence-corrected chi connectivity index (χ2v) is 5.02. The predicted octanol–water partition coefficient (Wildman–Crippen LogP) is 2.12. The predicted molar refractivity (Wildman–Crippen MR) is 76.1 cm³/mol. The molecule has 1 aliphatic heterocycles. The Bertz CT molecular complexity index is 797. The lowest BCUT2D eigenvalue weighted by Crippen LogP contribution is -2.03. The van der Waals surface area contributed by atoms with Crippen LogP contribution in [0.1, 0.15) is 11.1 Å². The van der Waals surface area contributed by atoms with Crippen LogP contribution in [0.15, 0.2) is 30.6 Å². The highest BCUT2D eigenvalue weighted by Gasteiger charge is 2.12. The number of nitrogens with zero attached hydrogens (tertiary/aromatic N) is 4. The van der Waals surface area contributed by atoms with Gasteiger partial charge >= 0.3 is 0 Å². The van der Waals surface area contributed by atoms with E-state index in [1.807, 2.05) is 12.3 Å². The van der Waals surface area contributed by atoms with Gasteiger partial charge in [-0.05, 0) is 17.2 Å². The maximum Gasteiger partial charge on any atom is 0.159 e. The molecule has 3 aromatic heterocycles. The van der Waals surface area contributed by atoms with Crippen molar-refractivity contribution in [3.8, 4) is 0 Å². The zero-order chi connectivity index (χ0) is 13.5. The average molecular weight is 287 g/mol. The van der Waals surface area contributed by atoms with Crippen molar-refractivity contribution >= 4 is 28.9 Å². The van der Waals surface area contributed by atoms with Gasteiger partial charge in [-0.25, -0.2) is 9.97 Å². The summed E-state index contributed by atoms with van der Waals surface area (Å²) in [4.78, 5) is 8.60. The van der Waals surface area contributed by atoms with Gasteiger partial charge in [0, 0.05) is 31.4 Å². The Kier molecular flexibility index (Phi) is 2.58. The van der Waals surface area contributed by atoms with Crippen LogP contribution in [0.4, 0.5) is 11.6 Å². The van der Waals surface area contributed by atoms with E-state index < -0.39 is 0 Å². The Balaban J connectivity index is 1.75. The van der Waals surface area contributed by atoms with E-state index in [2.05, 4.69) is 25.7 Å². The van der Waals surface area contributed by atoms with Crippen LogP contribution in [-0.4, -0.2) is 19.6 Å². The maximum atomic E-state index is 6.02. The largest absolute Gasteiger partial charge is 0.325 e. The van der Waals surface area contributed by atoms with Crippen molar-refractivity contribution in [2.45, 2.75) is 13.1 Å². The second-order valence-electron chi connectivity index (χ2n) is 4.63. The number of rotatable bonds is 2. The average Bonchev–Trinajstić information content (AvgIpc) is 3.05. The number of fused-ring (bicyclic) bond motifs is 2. The van der Waals surface area contributed by atoms with Gasteiger partial charge in [-0.15, -0.1) is 0 Å². The SMILES string of the molecule is Clc1cc(Nc2cc3c(cn2)CNC3)n2nccc2n1. The first-order valence-corrected chi connectivity index (χ1v) is 6.63. The molecule has 4 heterocycles. The highest BCUT2D eigenvalue weighted by Crippen LogP contribution is 2.22. The summed E-state index contributed by atoms with van der Waals surface area (Å²) < 4.78 is 1.69. The topological polar surface area (TPSA) is 67.1 Å². The van der Waals surface area contributed by atoms with Crippen molar-refractivity contribution in [1.29, 1.82) is 0 Å². The lowest BCUT2D eigenvalue weighted by Gasteiger charge is -2.09. The molecule has 0 unspecified atom stereocenters. The molecule has 3 aromatic rings. The van der Waals surface area contributed by atoms with Gasteiger partial charge in [-0.2, -0.15) is 9.61 Å². The molecule has 0 aliphatic carbocycles. The third-order valence-corrected chi connectivity index (χ3v) is 3.49. The minimum atomic E-state index is 0.420. The number of nitrogens with one attached hydrogen (secondary N) is 2. The van der Waals surface area contributed by atoms with E-state index in [-0.39, 0.29) is 0 Å². The smallest absolute Gasteiger partial charge is 0.159 e. The van der Waals surface area contributed by atoms with E-state index in [1.165, 1.54) is 11.1 Å². The first-order valence-electron chi connectivity index (χ1n) is 6.25. The molecule has 0 saturated heterocycles. The fourth-order valence-electron chi connectivity index (χ4n) is 2.35. The molecule has 100 valence electrons. The fourth-order valence-corrected chi connectivity index (χ4v) is 2.54. The van der Waals surface area contributed by atoms with Crippen molar-refractivity contribution in [2.24, 2.45) is 0 Å². The third-order valence-electron chi connectivity index (χ3n) is 3.30. The number of hydrogen-bond acceptors (Lipinski definition) is 5. The molecule has 0 radical (unpaired) electrons. The standard InChI is InChI=1S/C13H11ClN6/c14-10-4-13(20-12(18-10)1-2-17-20)19-11-3-8-5-15-6-9(8)7-16-11/h1-4,7,15H,5-6H2,(H,16,19). The lowest BCUT2D eigenvalue weighted by atomic mass is 10.2. The minimum absolute atomic E-state index is 0.420. The molecule has 4 rings (SSSR count). The van der Waals surface area contributed by atoms with Crippen molar-refractivity contribution < 1.29 is 0 Å². The van der Waals surface area contributed by atoms with Crippen molar-refractivity contribution in [1.82, 2.24) is 24.9 Å². The number of anilines is 2. The molecule has 0 aromatic carbocycles. The Morgan fingerprint density at radius 3 is 3.10 bits per heavy atom. The summed E-state index contributed by atoms with van der Waals surface area (Å²) in [7, 11) is 0. The van der Waals surface area contributed by atoms with Gasteiger partial charge in [-0.3, -0.25) is 0 Å². The molecule has 0 spiro atoms. The van der Waals surface area contributed by atoms with E-state index in [0.29, 0.717) is 10.8 Å². The summed E-state index contributed by atoms with van der Waals surface area (Å²) in [6.45, 7) is 1.76. The van der Waals surface area contributed by atoms with Crippen LogP contribution in [0, 0.1) is 0 Å². The van der Waals surface area contributed by atoms with E-state index >= 15 is 0 Å². The molecule has 1 aliphatic rings. The van der Waals surface area contributed by atoms with E-state index in [4.69, 9.17) is 11.6 Å². The van der Waals surface area contributed by atoms with Crippen molar-refractivity contribution in [2.75, 3.05) is 5.32 Å². The molecule has 20 heavy (non-hydrogen) atoms. The van der Waals surface area contributed by atoms with Gasteiger partial charge < -0.3 is 10.6 Å². The summed E-state index contributed by atoms with van der Waals surface area (Å²) in [6.07, 6.45) is 3.57. The monoisotopic (exact) mass is 286 g/mol. The molecular weight excluding hydrogens is 276 g/mol. The molecule has 6 nitrogen and oxygen atoms in total. The summed E-state index contributed by atoms with van der Waals surface area (Å²) in [5.74, 6) is 1.51. The number of pyridine rings is 1. The first-order chi connectivity index (χ1) is 9.79. The number of aromatic nitrogens is 4. The molecule has 2 N–H and O–H groups in total. The third kappa shape index (κ3) is 1.90. The van der Waals surface area contributed by atoms with Gasteiger partial charge in [0.05, 0.1) is 6.20 Å². The highest BCUT2D eigenvalue weighted by molar-refractivity contribution is 6.29. The van der Waals surface area contributed by atoms with Crippen molar-refractivity contribution in [3.05, 3.63) is 46.9 Å². The van der Waals surface area contributed by atoms with E-state index in [1.54, 1.807) is 22.8 Å². The van der Waals surface area contributed by atoms with Gasteiger partial charge in [0.2, 0.25) is 0 Å². The molecular formula is C13H11ClN6. The Morgan fingerprint density at radius 1 is 1.25 bits per heavy atom. The minimum Gasteiger partial charge on any atom is -0.325 e. The number of halogens is 1. The zero-order valence-corrected chi connectivity index (χ0v) is 11.2. The maximum absolute atomic E-state index is 6.02. The summed E-state index contributed by atoms with van der Waals surface area (Å²) in [5.41, 5.74) is 3.20. The van der Waals surface area contributed by atoms with Gasteiger partial charge in [-0.1, -0.05) is 11.6 Å². The number of hydrogen-bond donors (Lipinski definition) is 2. The fraction of sp³-hybridized carbons (Fsp3) is 0.154. The Hall–Kier alpha value is -2.18. The van der Waals surface area contributed by atoms with Crippen LogP contribution in [0.5, 0.6) is 0 Å². The second kappa shape index (κ2) is 4.43. The molecule has 0 saturated carbocycles. The van der Waals surface area contributed by atoms with E-state index in [0.717, 1.165) is 24.7 Å². The normalized spacial score (nSPS) is 13.7. The molecule has 7 heteroatoms. The van der Waals surface area contributed by atoms with Gasteiger partial charge in [0.25, 0.3) is 0 Å². The molecule has 0 bridgehead atoms. The first kappa shape index (κ1) is 11.6. The Morgan fingerprint density at radius 2 is 2.15 bits per heavy atom. The lowest BCUT2D eigenvalue weighted by molar-refractivity contribution is 0.764. The van der Waals surface area contributed by atoms with Gasteiger partial charge in [0.15, 0.2) is 5.65 Å². The van der Waals surface area contributed by atoms with Crippen LogP contribution in [0.3, 0.4) is 0 Å². The van der Waals surface area contributed by atoms with Crippen LogP contribution in [0.25, 0.3) is 5.65 Å². The van der Waals surface area contributed by atoms with Crippen LogP contribution < -0.4 is 10.6 Å². The summed E-state index contributed by atoms with van der Waals surface area (Å²) in [5, 5.41) is 11.2. The quantitative estimate of drug-likeness (QED) is 0.707. The summed E-state index contributed by atoms with van der Waals surface area (Å²) in [6, 6.07) is 5.57. The molecule has 0 amide bonds. The van der Waals surface area contributed by atoms with Crippen molar-refractivity contribution in [3.63, 3.8) is 0 Å². The highest BCUT2D eigenvalue weighted by atomic mass is 35.5. The molecule has 0 atom stereocenters. The van der Waals surface area contributed by atoms with Crippen LogP contribution >= 0.6 is 11.6 Å².